The summed E-state index contributed by atoms with van der Waals surface area (Å²) in [7, 11) is 0. The number of carboxylic acids is 1. The van der Waals surface area contributed by atoms with Gasteiger partial charge in [-0.1, -0.05) is 27.7 Å². The zero-order valence-electron chi connectivity index (χ0n) is 14.3. The molecule has 7 nitrogen and oxygen atoms in total. The molecular formula is C16H28N2O5. The van der Waals surface area contributed by atoms with Crippen LogP contribution in [-0.2, 0) is 14.4 Å². The van der Waals surface area contributed by atoms with Gasteiger partial charge in [-0.2, -0.15) is 0 Å². The molecule has 1 atom stereocenters. The van der Waals surface area contributed by atoms with Crippen LogP contribution in [0.4, 0.5) is 0 Å². The van der Waals surface area contributed by atoms with Gasteiger partial charge in [0.05, 0.1) is 0 Å². The van der Waals surface area contributed by atoms with Crippen LogP contribution in [-0.4, -0.2) is 57.6 Å². The topological polar surface area (TPSA) is 107 Å². The van der Waals surface area contributed by atoms with E-state index >= 15 is 0 Å². The van der Waals surface area contributed by atoms with E-state index in [1.54, 1.807) is 0 Å². The molecule has 0 radical (unpaired) electrons. The fourth-order valence-corrected chi connectivity index (χ4v) is 2.62. The van der Waals surface area contributed by atoms with E-state index in [0.717, 1.165) is 0 Å². The Hall–Kier alpha value is -1.63. The number of amides is 2. The second-order valence-electron chi connectivity index (χ2n) is 7.05. The highest BCUT2D eigenvalue weighted by molar-refractivity contribution is 5.88. The van der Waals surface area contributed by atoms with E-state index in [2.05, 4.69) is 5.32 Å². The van der Waals surface area contributed by atoms with Crippen LogP contribution in [0.25, 0.3) is 0 Å². The van der Waals surface area contributed by atoms with Crippen LogP contribution < -0.4 is 5.32 Å². The van der Waals surface area contributed by atoms with Crippen LogP contribution in [0.15, 0.2) is 0 Å². The van der Waals surface area contributed by atoms with Crippen molar-refractivity contribution in [1.82, 2.24) is 10.2 Å². The molecule has 0 aromatic heterocycles. The normalized spacial score (nSPS) is 18.8. The van der Waals surface area contributed by atoms with Crippen molar-refractivity contribution in [1.29, 1.82) is 0 Å². The lowest BCUT2D eigenvalue weighted by atomic mass is 9.90. The van der Waals surface area contributed by atoms with Crippen molar-refractivity contribution in [3.8, 4) is 0 Å². The zero-order chi connectivity index (χ0) is 17.8. The molecular weight excluding hydrogens is 300 g/mol. The summed E-state index contributed by atoms with van der Waals surface area (Å²) < 4.78 is 0. The summed E-state index contributed by atoms with van der Waals surface area (Å²) in [5.41, 5.74) is -1.76. The second kappa shape index (κ2) is 7.77. The number of carboxylic acid groups (broad SMARTS) is 1. The van der Waals surface area contributed by atoms with Crippen LogP contribution in [0.2, 0.25) is 0 Å². The Morgan fingerprint density at radius 3 is 2.04 bits per heavy atom. The number of carbonyl (C=O) groups is 3. The number of piperidine rings is 1. The van der Waals surface area contributed by atoms with Crippen LogP contribution in [0.3, 0.4) is 0 Å². The Balaban J connectivity index is 2.69. The van der Waals surface area contributed by atoms with Gasteiger partial charge in [-0.15, -0.1) is 0 Å². The average Bonchev–Trinajstić information content (AvgIpc) is 2.43. The third-order valence-corrected chi connectivity index (χ3v) is 4.14. The van der Waals surface area contributed by atoms with E-state index in [4.69, 9.17) is 5.11 Å². The lowest BCUT2D eigenvalue weighted by Crippen LogP contribution is -2.56. The molecule has 0 aromatic rings. The smallest absolute Gasteiger partial charge is 0.335 e. The lowest BCUT2D eigenvalue weighted by molar-refractivity contribution is -0.165. The molecule has 0 spiro atoms. The van der Waals surface area contributed by atoms with Crippen molar-refractivity contribution in [2.45, 2.75) is 58.6 Å². The fourth-order valence-electron chi connectivity index (χ4n) is 2.62. The molecule has 132 valence electrons. The third kappa shape index (κ3) is 5.20. The molecule has 1 saturated heterocycles. The number of aliphatic hydroxyl groups is 1. The molecule has 1 aliphatic heterocycles. The highest BCUT2D eigenvalue weighted by Crippen LogP contribution is 2.23. The Morgan fingerprint density at radius 1 is 1.13 bits per heavy atom. The molecule has 7 heteroatoms. The van der Waals surface area contributed by atoms with E-state index < -0.39 is 17.6 Å². The van der Waals surface area contributed by atoms with E-state index in [-0.39, 0.29) is 49.6 Å². The highest BCUT2D eigenvalue weighted by Gasteiger charge is 2.41. The SMILES string of the molecule is CC(C)CC(=O)NC(C(=O)N1CCC(O)(C(=O)O)CC1)C(C)C. The van der Waals surface area contributed by atoms with Crippen molar-refractivity contribution in [2.24, 2.45) is 11.8 Å². The summed E-state index contributed by atoms with van der Waals surface area (Å²) in [5.74, 6) is -1.50. The summed E-state index contributed by atoms with van der Waals surface area (Å²) in [4.78, 5) is 37.1. The predicted molar refractivity (Wildman–Crippen MR) is 84.6 cm³/mol. The number of hydrogen-bond acceptors (Lipinski definition) is 4. The minimum absolute atomic E-state index is 0.00116. The van der Waals surface area contributed by atoms with E-state index in [1.807, 2.05) is 27.7 Å². The van der Waals surface area contributed by atoms with Crippen LogP contribution in [0.1, 0.15) is 47.0 Å². The number of rotatable bonds is 6. The molecule has 0 aliphatic carbocycles. The Bertz CT molecular complexity index is 453. The molecule has 1 rings (SSSR count). The van der Waals surface area contributed by atoms with Crippen molar-refractivity contribution in [2.75, 3.05) is 13.1 Å². The van der Waals surface area contributed by atoms with Gasteiger partial charge >= 0.3 is 5.97 Å². The van der Waals surface area contributed by atoms with Crippen molar-refractivity contribution < 1.29 is 24.6 Å². The van der Waals surface area contributed by atoms with E-state index in [1.165, 1.54) is 4.90 Å². The zero-order valence-corrected chi connectivity index (χ0v) is 14.3. The summed E-state index contributed by atoms with van der Waals surface area (Å²) in [6.07, 6.45) is 0.354. The highest BCUT2D eigenvalue weighted by atomic mass is 16.4. The average molecular weight is 328 g/mol. The number of likely N-dealkylation sites (tertiary alicyclic amines) is 1. The first-order valence-corrected chi connectivity index (χ1v) is 8.10. The monoisotopic (exact) mass is 328 g/mol. The third-order valence-electron chi connectivity index (χ3n) is 4.14. The molecule has 23 heavy (non-hydrogen) atoms. The summed E-state index contributed by atoms with van der Waals surface area (Å²) >= 11 is 0. The van der Waals surface area contributed by atoms with Gasteiger partial charge in [0.2, 0.25) is 11.8 Å². The second-order valence-corrected chi connectivity index (χ2v) is 7.05. The van der Waals surface area contributed by atoms with E-state index in [0.29, 0.717) is 6.42 Å². The first-order chi connectivity index (χ1) is 10.6. The quantitative estimate of drug-likeness (QED) is 0.662. The largest absolute Gasteiger partial charge is 0.479 e. The maximum atomic E-state index is 12.6. The van der Waals surface area contributed by atoms with Crippen LogP contribution in [0.5, 0.6) is 0 Å². The maximum Gasteiger partial charge on any atom is 0.335 e. The van der Waals surface area contributed by atoms with Gasteiger partial charge in [-0.05, 0) is 11.8 Å². The van der Waals surface area contributed by atoms with Crippen LogP contribution in [0, 0.1) is 11.8 Å². The molecule has 2 amide bonds. The number of nitrogens with one attached hydrogen (secondary N) is 1. The summed E-state index contributed by atoms with van der Waals surface area (Å²) in [5, 5.41) is 21.7. The minimum Gasteiger partial charge on any atom is -0.479 e. The molecule has 1 aliphatic rings. The predicted octanol–water partition coefficient (Wildman–Crippen LogP) is 0.611. The van der Waals surface area contributed by atoms with Crippen LogP contribution >= 0.6 is 0 Å². The number of hydrogen-bond donors (Lipinski definition) is 3. The van der Waals surface area contributed by atoms with Gasteiger partial charge in [0.15, 0.2) is 5.60 Å². The summed E-state index contributed by atoms with van der Waals surface area (Å²) in [6.45, 7) is 7.92. The molecule has 1 unspecified atom stereocenters. The van der Waals surface area contributed by atoms with Gasteiger partial charge < -0.3 is 20.4 Å². The van der Waals surface area contributed by atoms with Gasteiger partial charge in [0.1, 0.15) is 6.04 Å². The first kappa shape index (κ1) is 19.4. The summed E-state index contributed by atoms with van der Waals surface area (Å²) in [6, 6.07) is -0.628. The van der Waals surface area contributed by atoms with Crippen molar-refractivity contribution in [3.05, 3.63) is 0 Å². The Morgan fingerprint density at radius 2 is 1.65 bits per heavy atom. The number of nitrogens with zero attached hydrogens (tertiary/aromatic N) is 1. The molecule has 0 saturated carbocycles. The fraction of sp³-hybridized carbons (Fsp3) is 0.812. The minimum atomic E-state index is -1.76. The van der Waals surface area contributed by atoms with Gasteiger partial charge in [0.25, 0.3) is 0 Å². The molecule has 1 fully saturated rings. The lowest BCUT2D eigenvalue weighted by Gasteiger charge is -2.37. The Kier molecular flexibility index (Phi) is 6.56. The van der Waals surface area contributed by atoms with Gasteiger partial charge in [0, 0.05) is 32.4 Å². The van der Waals surface area contributed by atoms with Gasteiger partial charge in [-0.25, -0.2) is 4.79 Å². The Labute approximate surface area is 137 Å². The molecule has 0 bridgehead atoms. The number of carbonyl (C=O) groups excluding carboxylic acids is 2. The van der Waals surface area contributed by atoms with Crippen molar-refractivity contribution in [3.63, 3.8) is 0 Å². The van der Waals surface area contributed by atoms with Crippen molar-refractivity contribution >= 4 is 17.8 Å². The standard InChI is InChI=1S/C16H28N2O5/c1-10(2)9-12(19)17-13(11(3)4)14(20)18-7-5-16(23,6-8-18)15(21)22/h10-11,13,23H,5-9H2,1-4H3,(H,17,19)(H,21,22). The maximum absolute atomic E-state index is 12.6. The first-order valence-electron chi connectivity index (χ1n) is 8.10. The molecule has 0 aromatic carbocycles. The number of aliphatic carboxylic acids is 1. The van der Waals surface area contributed by atoms with Gasteiger partial charge in [-0.3, -0.25) is 9.59 Å². The molecule has 1 heterocycles. The molecule has 3 N–H and O–H groups in total. The van der Waals surface area contributed by atoms with E-state index in [9.17, 15) is 19.5 Å².